The zero-order chi connectivity index (χ0) is 96.1. The molecule has 134 heavy (non-hydrogen) atoms. The van der Waals surface area contributed by atoms with Gasteiger partial charge in [-0.15, -0.1) is 12.4 Å². The quantitative estimate of drug-likeness (QED) is 0.0130. The highest BCUT2D eigenvalue weighted by atomic mass is 35.5. The normalized spacial score (nSPS) is 9.99. The summed E-state index contributed by atoms with van der Waals surface area (Å²) in [5.74, 6) is -2.27. The number of carbonyl (C=O) groups is 8. The van der Waals surface area contributed by atoms with Gasteiger partial charge in [-0.3, -0.25) is 49.0 Å². The van der Waals surface area contributed by atoms with Gasteiger partial charge < -0.3 is 63.8 Å². The minimum absolute atomic E-state index is 0. The predicted octanol–water partition coefficient (Wildman–Crippen LogP) is 21.7. The molecule has 0 saturated carbocycles. The molecule has 0 radical (unpaired) electrons. The maximum Gasteiger partial charge on any atom is 0.407 e. The Morgan fingerprint density at radius 1 is 0.403 bits per heavy atom. The Hall–Kier alpha value is -16.4. The minimum Gasteiger partial charge on any atom is -0.477 e. The van der Waals surface area contributed by atoms with E-state index in [2.05, 4.69) is 74.7 Å². The number of nitro benzene ring substituents is 2. The zero-order valence-corrected chi connectivity index (χ0v) is 76.3. The molecule has 696 valence electrons. The fraction of sp³-hybridized carbons (Fsp3) is 0.157. The highest BCUT2D eigenvalue weighted by molar-refractivity contribution is 6.67. The van der Waals surface area contributed by atoms with Crippen molar-refractivity contribution >= 4 is 128 Å². The van der Waals surface area contributed by atoms with Crippen molar-refractivity contribution in [3.8, 4) is 11.4 Å². The number of para-hydroxylation sites is 5. The van der Waals surface area contributed by atoms with Crippen molar-refractivity contribution in [2.24, 2.45) is 0 Å². The molecule has 0 bridgehead atoms. The third-order valence-corrected chi connectivity index (χ3v) is 18.4. The van der Waals surface area contributed by atoms with E-state index >= 15 is 0 Å². The monoisotopic (exact) mass is 1850 g/mol. The van der Waals surface area contributed by atoms with Gasteiger partial charge in [0.25, 0.3) is 46.2 Å². The van der Waals surface area contributed by atoms with Crippen LogP contribution in [0.1, 0.15) is 151 Å². The number of amides is 6. The van der Waals surface area contributed by atoms with Gasteiger partial charge in [-0.25, -0.2) is 19.0 Å². The molecule has 6 amide bonds. The maximum atomic E-state index is 13.1. The molecular formula is C102H110Cl2N16O14. The number of nitro groups is 2. The van der Waals surface area contributed by atoms with Crippen LogP contribution in [0.4, 0.5) is 61.7 Å². The Morgan fingerprint density at radius 3 is 1.08 bits per heavy atom. The molecule has 14 rings (SSSR count). The lowest BCUT2D eigenvalue weighted by Gasteiger charge is -2.19. The van der Waals surface area contributed by atoms with E-state index in [-0.39, 0.29) is 84.1 Å². The van der Waals surface area contributed by atoms with Gasteiger partial charge in [0.05, 0.1) is 32.6 Å². The van der Waals surface area contributed by atoms with Crippen LogP contribution in [-0.2, 0) is 17.7 Å². The molecule has 30 nitrogen and oxygen atoms in total. The number of aromatic nitrogens is 4. The summed E-state index contributed by atoms with van der Waals surface area (Å²) >= 11 is 5.12. The first-order valence-corrected chi connectivity index (χ1v) is 41.9. The molecule has 2 heterocycles. The van der Waals surface area contributed by atoms with E-state index in [1.165, 1.54) is 78.4 Å². The molecule has 0 saturated heterocycles. The second-order valence-corrected chi connectivity index (χ2v) is 29.8. The van der Waals surface area contributed by atoms with E-state index < -0.39 is 32.8 Å². The topological polar surface area (TPSA) is 441 Å². The van der Waals surface area contributed by atoms with E-state index in [0.717, 1.165) is 46.5 Å². The number of hydrogen-bond donors (Lipinski definition) is 10. The van der Waals surface area contributed by atoms with Gasteiger partial charge in [0.2, 0.25) is 0 Å². The van der Waals surface area contributed by atoms with Crippen LogP contribution in [0.25, 0.3) is 11.4 Å². The largest absolute Gasteiger partial charge is 0.477 e. The van der Waals surface area contributed by atoms with Crippen LogP contribution in [0, 0.1) is 34.1 Å². The average molecular weight is 1860 g/mol. The molecule has 2 aromatic heterocycles. The van der Waals surface area contributed by atoms with Crippen molar-refractivity contribution in [1.29, 1.82) is 0 Å². The smallest absolute Gasteiger partial charge is 0.407 e. The number of rotatable bonds is 22. The van der Waals surface area contributed by atoms with E-state index in [0.29, 0.717) is 62.2 Å². The van der Waals surface area contributed by atoms with Crippen LogP contribution in [-0.4, -0.2) is 111 Å². The van der Waals surface area contributed by atoms with Gasteiger partial charge in [-0.2, -0.15) is 10.2 Å². The van der Waals surface area contributed by atoms with Crippen molar-refractivity contribution in [3.05, 3.63) is 416 Å². The number of nitrogens with zero attached hydrogens (tertiary/aromatic N) is 7. The molecular weight excluding hydrogens is 1740 g/mol. The second-order valence-electron chi connectivity index (χ2n) is 29.5. The molecule has 0 fully saturated rings. The number of ether oxygens (including phenoxy) is 1. The van der Waals surface area contributed by atoms with Crippen molar-refractivity contribution in [3.63, 3.8) is 0 Å². The number of benzene rings is 12. The first-order chi connectivity index (χ1) is 63.2. The second kappa shape index (κ2) is 56.1. The summed E-state index contributed by atoms with van der Waals surface area (Å²) in [5.41, 5.74) is 28.5. The fourth-order valence-electron chi connectivity index (χ4n) is 11.7. The molecule has 13 N–H and O–H groups in total. The van der Waals surface area contributed by atoms with Crippen LogP contribution in [0.5, 0.6) is 0 Å². The predicted molar refractivity (Wildman–Crippen MR) is 534 cm³/mol. The molecule has 0 aliphatic rings. The van der Waals surface area contributed by atoms with Crippen molar-refractivity contribution in [2.75, 3.05) is 63.4 Å². The Morgan fingerprint density at radius 2 is 0.724 bits per heavy atom. The van der Waals surface area contributed by atoms with Crippen molar-refractivity contribution < 1.29 is 58.0 Å². The number of anilines is 8. The van der Waals surface area contributed by atoms with E-state index in [1.54, 1.807) is 154 Å². The van der Waals surface area contributed by atoms with Gasteiger partial charge in [0, 0.05) is 104 Å². The van der Waals surface area contributed by atoms with Gasteiger partial charge >= 0.3 is 12.1 Å². The number of nitrogens with two attached hydrogens (primary N) is 3. The molecule has 0 atom stereocenters. The summed E-state index contributed by atoms with van der Waals surface area (Å²) in [4.78, 5) is 117. The van der Waals surface area contributed by atoms with E-state index in [1.807, 2.05) is 165 Å². The number of hydrogen-bond acceptors (Lipinski definition) is 19. The number of non-ortho nitro benzene ring substituents is 2. The van der Waals surface area contributed by atoms with Crippen LogP contribution in [0.15, 0.2) is 334 Å². The molecule has 14 aromatic rings. The SMILES string of the molecule is C.CCN(CC)CC.CCc1cccc(-n2nc(C)cc2C(=O)Nc2cccc(C(=O)Nc3ccccc3)c2)c1.Cc1cc(C(=O)O)n(-c2cccc(CNC(=O)OC(C)(C)C)c2)n1.Cl.Nc1cccc(C(=O)Nc2ccccc2)c1.Nc1cccc(C(=O)Nc2ccccc2)c1.Nc1ccccc1.O=C(Cl)c1cccc([N+](=O)[O-])c1.O=C(Nc1ccccc1)c1cccc([N+](=O)[O-])c1. The van der Waals surface area contributed by atoms with Crippen molar-refractivity contribution in [2.45, 2.75) is 88.3 Å². The van der Waals surface area contributed by atoms with E-state index in [9.17, 15) is 63.7 Å². The minimum atomic E-state index is -1.05. The van der Waals surface area contributed by atoms with Gasteiger partial charge in [0.1, 0.15) is 11.3 Å². The Labute approximate surface area is 789 Å². The Bertz CT molecular complexity index is 6010. The zero-order valence-electron chi connectivity index (χ0n) is 74.7. The standard InChI is InChI=1S/C26H24N4O2.C17H21N3O4.C13H10N2O3.2C13H12N2O.C7H4ClNO3.C6H7N.C6H15N.CH4.ClH/c1-3-19-9-7-14-23(16-19)30-24(15-18(2)29-30)26(32)28-22-13-8-10-20(17-22)25(31)27-21-11-5-4-6-12-21;1-11-8-14(15(21)22)20(19-11)13-7-5-6-12(9-13)10-18-16(23)24-17(2,3)4;16-13(14-11-6-2-1-3-7-11)10-5-4-8-12(9-10)15(17)18;2*14-11-6-4-5-10(9-11)13(16)15-12-7-2-1-3-8-12;8-7(10)5-2-1-3-6(4-5)9(11)12;7-6-4-2-1-3-5-6;1-4-7(5-2)6-3;;/h4-17H,3H2,1-2H3,(H,27,31)(H,28,32);5-9H,10H2,1-4H3,(H,18,23)(H,21,22);1-9H,(H,14,16);2*1-9H,14H2,(H,15,16);1-4H;1-5H,7H2;4-6H2,1-3H3;1H4;1H. The van der Waals surface area contributed by atoms with Crippen LogP contribution in [0.2, 0.25) is 0 Å². The number of aromatic carboxylic acids is 1. The summed E-state index contributed by atoms with van der Waals surface area (Å²) in [6.45, 7) is 21.4. The summed E-state index contributed by atoms with van der Waals surface area (Å²) < 4.78 is 8.20. The highest BCUT2D eigenvalue weighted by Gasteiger charge is 2.21. The lowest BCUT2D eigenvalue weighted by atomic mass is 10.1. The lowest BCUT2D eigenvalue weighted by Crippen LogP contribution is -2.32. The van der Waals surface area contributed by atoms with Gasteiger partial charge in [0.15, 0.2) is 5.69 Å². The molecule has 0 unspecified atom stereocenters. The number of alkyl carbamates (subject to hydrolysis) is 1. The van der Waals surface area contributed by atoms with Crippen molar-refractivity contribution in [1.82, 2.24) is 29.8 Å². The Kier molecular flexibility index (Phi) is 45.3. The summed E-state index contributed by atoms with van der Waals surface area (Å²) in [6.07, 6.45) is 0.391. The summed E-state index contributed by atoms with van der Waals surface area (Å²) in [6, 6.07) is 96.1. The number of halogens is 2. The van der Waals surface area contributed by atoms with Gasteiger partial charge in [-0.1, -0.05) is 181 Å². The summed E-state index contributed by atoms with van der Waals surface area (Å²) in [5, 5.41) is 54.8. The third-order valence-electron chi connectivity index (χ3n) is 18.2. The van der Waals surface area contributed by atoms with Crippen LogP contribution < -0.4 is 49.1 Å². The number of nitrogen functional groups attached to an aromatic ring is 3. The Balaban J connectivity index is 0.000000281. The maximum absolute atomic E-state index is 13.1. The highest BCUT2D eigenvalue weighted by Crippen LogP contribution is 2.23. The number of carboxylic acid groups (broad SMARTS) is 1. The number of nitrogens with one attached hydrogen (secondary N) is 6. The molecule has 0 spiro atoms. The van der Waals surface area contributed by atoms with Crippen LogP contribution in [0.3, 0.4) is 0 Å². The average Bonchev–Trinajstić information content (AvgIpc) is 1.66. The number of carboxylic acids is 1. The first-order valence-electron chi connectivity index (χ1n) is 41.5. The lowest BCUT2D eigenvalue weighted by molar-refractivity contribution is -0.385. The number of aryl methyl sites for hydroxylation is 3. The first kappa shape index (κ1) is 108. The fourth-order valence-corrected chi connectivity index (χ4v) is 11.8. The summed E-state index contributed by atoms with van der Waals surface area (Å²) in [7, 11) is 0. The van der Waals surface area contributed by atoms with E-state index in [4.69, 9.17) is 33.5 Å². The third kappa shape index (κ3) is 38.1. The molecule has 32 heteroatoms. The molecule has 0 aliphatic heterocycles. The van der Waals surface area contributed by atoms with Gasteiger partial charge in [-0.05, 0) is 247 Å². The van der Waals surface area contributed by atoms with Crippen LogP contribution >= 0.6 is 24.0 Å². The number of carbonyl (C=O) groups excluding carboxylic acids is 7. The molecule has 0 aliphatic carbocycles. The molecule has 12 aromatic carbocycles.